The minimum Gasteiger partial charge on any atom is -0.493 e. The first kappa shape index (κ1) is 15.5. The second-order valence-corrected chi connectivity index (χ2v) is 6.88. The van der Waals surface area contributed by atoms with Crippen molar-refractivity contribution < 1.29 is 5.11 Å². The van der Waals surface area contributed by atoms with Crippen LogP contribution in [0.15, 0.2) is 29.1 Å². The Kier molecular flexibility index (Phi) is 3.94. The van der Waals surface area contributed by atoms with Gasteiger partial charge in [-0.3, -0.25) is 14.0 Å². The minimum absolute atomic E-state index is 0.0915. The predicted octanol–water partition coefficient (Wildman–Crippen LogP) is 0.555. The van der Waals surface area contributed by atoms with E-state index in [1.807, 2.05) is 12.1 Å². The molecule has 4 rings (SSSR count). The van der Waals surface area contributed by atoms with Gasteiger partial charge in [0.1, 0.15) is 0 Å². The Morgan fingerprint density at radius 3 is 2.50 bits per heavy atom. The van der Waals surface area contributed by atoms with Crippen molar-refractivity contribution >= 4 is 0 Å². The maximum Gasteiger partial charge on any atom is 0.331 e. The molecule has 0 radical (unpaired) electrons. The molecule has 1 fully saturated rings. The van der Waals surface area contributed by atoms with Crippen LogP contribution in [-0.2, 0) is 19.5 Å². The quantitative estimate of drug-likeness (QED) is 0.763. The molecule has 0 atom stereocenters. The van der Waals surface area contributed by atoms with Crippen molar-refractivity contribution in [3.05, 3.63) is 51.6 Å². The van der Waals surface area contributed by atoms with Crippen molar-refractivity contribution in [2.45, 2.75) is 19.5 Å². The molecule has 0 unspecified atom stereocenters. The van der Waals surface area contributed by atoms with Crippen LogP contribution in [0.25, 0.3) is 0 Å². The van der Waals surface area contributed by atoms with Crippen LogP contribution in [0, 0.1) is 0 Å². The molecule has 1 N–H and O–H groups in total. The molecule has 1 saturated heterocycles. The smallest absolute Gasteiger partial charge is 0.331 e. The van der Waals surface area contributed by atoms with Crippen molar-refractivity contribution in [1.82, 2.24) is 18.9 Å². The number of benzene rings is 1. The van der Waals surface area contributed by atoms with Crippen LogP contribution >= 0.6 is 0 Å². The van der Waals surface area contributed by atoms with Gasteiger partial charge in [-0.1, -0.05) is 24.3 Å². The highest BCUT2D eigenvalue weighted by Gasteiger charge is 2.25. The van der Waals surface area contributed by atoms with Crippen molar-refractivity contribution in [1.29, 1.82) is 0 Å². The van der Waals surface area contributed by atoms with E-state index >= 15 is 0 Å². The number of likely N-dealkylation sites (N-methyl/N-ethyl adjacent to an activating group) is 1. The third-order valence-electron chi connectivity index (χ3n) is 5.34. The Morgan fingerprint density at radius 1 is 1.04 bits per heavy atom. The van der Waals surface area contributed by atoms with Crippen LogP contribution in [0.1, 0.15) is 16.8 Å². The fourth-order valence-corrected chi connectivity index (χ4v) is 3.72. The molecular weight excluding hydrogens is 304 g/mol. The molecule has 6 nitrogen and oxygen atoms in total. The van der Waals surface area contributed by atoms with E-state index in [1.165, 1.54) is 11.1 Å². The molecule has 2 aliphatic rings. The maximum atomic E-state index is 12.7. The molecule has 1 aromatic heterocycles. The zero-order valence-corrected chi connectivity index (χ0v) is 14.1. The third-order valence-corrected chi connectivity index (χ3v) is 5.34. The average molecular weight is 328 g/mol. The van der Waals surface area contributed by atoms with Gasteiger partial charge in [0.2, 0.25) is 5.88 Å². The molecule has 0 saturated carbocycles. The highest BCUT2D eigenvalue weighted by molar-refractivity contribution is 5.38. The molecule has 128 valence electrons. The van der Waals surface area contributed by atoms with Gasteiger partial charge in [-0.15, -0.1) is 0 Å². The van der Waals surface area contributed by atoms with Gasteiger partial charge in [0.05, 0.1) is 12.2 Å². The number of fused-ring (bicyclic) bond motifs is 2. The molecule has 0 spiro atoms. The number of nitrogens with zero attached hydrogens (tertiary/aromatic N) is 4. The summed E-state index contributed by atoms with van der Waals surface area (Å²) in [5, 5.41) is 10.6. The van der Waals surface area contributed by atoms with E-state index in [-0.39, 0.29) is 11.6 Å². The molecule has 3 heterocycles. The zero-order valence-electron chi connectivity index (χ0n) is 14.1. The fourth-order valence-electron chi connectivity index (χ4n) is 3.72. The second kappa shape index (κ2) is 6.11. The first-order valence-corrected chi connectivity index (χ1v) is 8.62. The highest BCUT2D eigenvalue weighted by Crippen LogP contribution is 2.27. The number of hydrogen-bond donors (Lipinski definition) is 1. The third kappa shape index (κ3) is 2.65. The van der Waals surface area contributed by atoms with Gasteiger partial charge in [-0.2, -0.15) is 0 Å². The van der Waals surface area contributed by atoms with Gasteiger partial charge < -0.3 is 10.0 Å². The van der Waals surface area contributed by atoms with E-state index in [0.717, 1.165) is 38.4 Å². The summed E-state index contributed by atoms with van der Waals surface area (Å²) in [4.78, 5) is 17.4. The van der Waals surface area contributed by atoms with Crippen LogP contribution in [0.3, 0.4) is 0 Å². The summed E-state index contributed by atoms with van der Waals surface area (Å²) in [6, 6.07) is 8.14. The molecule has 6 heteroatoms. The first-order valence-electron chi connectivity index (χ1n) is 8.62. The van der Waals surface area contributed by atoms with E-state index in [9.17, 15) is 9.90 Å². The normalized spacial score (nSPS) is 18.4. The van der Waals surface area contributed by atoms with Crippen LogP contribution < -0.4 is 5.69 Å². The van der Waals surface area contributed by atoms with Gasteiger partial charge in [0.15, 0.2) is 0 Å². The second-order valence-electron chi connectivity index (χ2n) is 6.88. The van der Waals surface area contributed by atoms with E-state index in [1.54, 1.807) is 9.13 Å². The van der Waals surface area contributed by atoms with E-state index in [0.29, 0.717) is 19.5 Å². The van der Waals surface area contributed by atoms with Gasteiger partial charge >= 0.3 is 5.69 Å². The lowest BCUT2D eigenvalue weighted by Gasteiger charge is -2.32. The lowest BCUT2D eigenvalue weighted by Crippen LogP contribution is -2.45. The zero-order chi connectivity index (χ0) is 16.7. The predicted molar refractivity (Wildman–Crippen MR) is 92.6 cm³/mol. The molecule has 2 aromatic rings. The average Bonchev–Trinajstić information content (AvgIpc) is 2.83. The van der Waals surface area contributed by atoms with E-state index in [4.69, 9.17) is 0 Å². The molecule has 2 aliphatic heterocycles. The van der Waals surface area contributed by atoms with Crippen LogP contribution in [0.2, 0.25) is 0 Å². The Balaban J connectivity index is 1.54. The lowest BCUT2D eigenvalue weighted by atomic mass is 9.99. The summed E-state index contributed by atoms with van der Waals surface area (Å²) in [7, 11) is 2.13. The molecule has 0 bridgehead atoms. The van der Waals surface area contributed by atoms with Crippen LogP contribution in [0.5, 0.6) is 5.88 Å². The monoisotopic (exact) mass is 328 g/mol. The summed E-state index contributed by atoms with van der Waals surface area (Å²) in [6.07, 6.45) is 0.624. The van der Waals surface area contributed by atoms with Crippen molar-refractivity contribution in [3.8, 4) is 5.88 Å². The Bertz CT molecular complexity index is 800. The Hall–Kier alpha value is -2.05. The minimum atomic E-state index is -0.0915. The van der Waals surface area contributed by atoms with E-state index in [2.05, 4.69) is 29.0 Å². The number of rotatable bonds is 3. The number of hydrogen-bond acceptors (Lipinski definition) is 4. The molecule has 0 aliphatic carbocycles. The van der Waals surface area contributed by atoms with Crippen molar-refractivity contribution in [2.75, 3.05) is 39.8 Å². The number of aromatic hydroxyl groups is 1. The molecule has 1 aromatic carbocycles. The van der Waals surface area contributed by atoms with Crippen LogP contribution in [0.4, 0.5) is 0 Å². The highest BCUT2D eigenvalue weighted by atomic mass is 16.3. The van der Waals surface area contributed by atoms with Gasteiger partial charge in [-0.25, -0.2) is 4.79 Å². The molecule has 0 amide bonds. The topological polar surface area (TPSA) is 53.6 Å². The largest absolute Gasteiger partial charge is 0.493 e. The standard InChI is InChI=1S/C18H24N4O2/c1-19-6-8-20(9-7-19)10-11-21-17(23)16-12-14-4-2-3-5-15(14)13-22(16)18(21)24/h2-5,23H,6-13H2,1H3. The molecular formula is C18H24N4O2. The van der Waals surface area contributed by atoms with E-state index < -0.39 is 0 Å². The maximum absolute atomic E-state index is 12.7. The van der Waals surface area contributed by atoms with Gasteiger partial charge in [0.25, 0.3) is 0 Å². The summed E-state index contributed by atoms with van der Waals surface area (Å²) in [5.74, 6) is 0.142. The van der Waals surface area contributed by atoms with Crippen molar-refractivity contribution in [2.24, 2.45) is 0 Å². The SMILES string of the molecule is CN1CCN(CCn2c(O)c3n(c2=O)Cc2ccccc2C3)CC1. The lowest BCUT2D eigenvalue weighted by molar-refractivity contribution is 0.148. The van der Waals surface area contributed by atoms with Gasteiger partial charge in [-0.05, 0) is 18.2 Å². The summed E-state index contributed by atoms with van der Waals surface area (Å²) in [6.45, 7) is 6.06. The molecule has 24 heavy (non-hydrogen) atoms. The Labute approximate surface area is 141 Å². The summed E-state index contributed by atoms with van der Waals surface area (Å²) in [5.41, 5.74) is 3.02. The van der Waals surface area contributed by atoms with Gasteiger partial charge in [0, 0.05) is 45.7 Å². The number of aromatic nitrogens is 2. The summed E-state index contributed by atoms with van der Waals surface area (Å²) < 4.78 is 3.27. The Morgan fingerprint density at radius 2 is 1.75 bits per heavy atom. The first-order chi connectivity index (χ1) is 11.6. The fraction of sp³-hybridized carbons (Fsp3) is 0.500. The number of piperazine rings is 1. The summed E-state index contributed by atoms with van der Waals surface area (Å²) >= 11 is 0. The van der Waals surface area contributed by atoms with Crippen LogP contribution in [-0.4, -0.2) is 63.8 Å². The number of imidazole rings is 1. The van der Waals surface area contributed by atoms with Crippen molar-refractivity contribution in [3.63, 3.8) is 0 Å².